The number of hydrogen-bond acceptors (Lipinski definition) is 5. The maximum atomic E-state index is 13.3. The second kappa shape index (κ2) is 10.5. The molecule has 1 atom stereocenters. The van der Waals surface area contributed by atoms with E-state index in [-0.39, 0.29) is 23.7 Å². The monoisotopic (exact) mass is 483 g/mol. The molecule has 0 bridgehead atoms. The van der Waals surface area contributed by atoms with Crippen molar-refractivity contribution in [2.45, 2.75) is 45.6 Å². The van der Waals surface area contributed by atoms with Crippen molar-refractivity contribution < 1.29 is 18.7 Å². The van der Waals surface area contributed by atoms with Crippen LogP contribution in [0, 0.1) is 5.92 Å². The second-order valence-corrected chi connectivity index (χ2v) is 9.35. The summed E-state index contributed by atoms with van der Waals surface area (Å²) in [6.45, 7) is 7.53. The molecule has 0 aliphatic carbocycles. The van der Waals surface area contributed by atoms with Gasteiger partial charge in [0.2, 0.25) is 5.91 Å². The van der Waals surface area contributed by atoms with Crippen LogP contribution in [0.5, 0.6) is 5.75 Å². The van der Waals surface area contributed by atoms with Gasteiger partial charge in [-0.15, -0.1) is 0 Å². The van der Waals surface area contributed by atoms with E-state index in [1.54, 1.807) is 36.4 Å². The summed E-state index contributed by atoms with van der Waals surface area (Å²) < 4.78 is 11.4. The van der Waals surface area contributed by atoms with E-state index < -0.39 is 6.04 Å². The fraction of sp³-hybridized carbons (Fsp3) is 0.423. The zero-order valence-electron chi connectivity index (χ0n) is 19.7. The van der Waals surface area contributed by atoms with Gasteiger partial charge in [0, 0.05) is 29.6 Å². The minimum Gasteiger partial charge on any atom is -0.494 e. The van der Waals surface area contributed by atoms with Crippen molar-refractivity contribution in [1.82, 2.24) is 15.2 Å². The number of likely N-dealkylation sites (tertiary alicyclic amines) is 1. The number of hydrogen-bond donors (Lipinski definition) is 1. The van der Waals surface area contributed by atoms with Crippen LogP contribution in [0.4, 0.5) is 0 Å². The van der Waals surface area contributed by atoms with Gasteiger partial charge in [0.05, 0.1) is 6.61 Å². The predicted octanol–water partition coefficient (Wildman–Crippen LogP) is 5.04. The Kier molecular flexibility index (Phi) is 7.41. The van der Waals surface area contributed by atoms with Crippen LogP contribution in [0.1, 0.15) is 55.8 Å². The third-order valence-corrected chi connectivity index (χ3v) is 6.40. The minimum absolute atomic E-state index is 0.0429. The van der Waals surface area contributed by atoms with E-state index in [0.717, 1.165) is 23.9 Å². The Morgan fingerprint density at radius 3 is 2.53 bits per heavy atom. The van der Waals surface area contributed by atoms with Gasteiger partial charge in [0.25, 0.3) is 5.91 Å². The lowest BCUT2D eigenvalue weighted by Crippen LogP contribution is -2.52. The SMILES string of the molecule is CCOc1ccc(C(=O)NC(C(=O)N2CCC(c3nc4cc(Cl)ccc4o3)CC2)C(C)C)cc1. The maximum absolute atomic E-state index is 13.3. The van der Waals surface area contributed by atoms with Gasteiger partial charge in [-0.2, -0.15) is 0 Å². The molecule has 4 rings (SSSR count). The molecule has 1 N–H and O–H groups in total. The Labute approximate surface area is 204 Å². The number of ether oxygens (including phenoxy) is 1. The Morgan fingerprint density at radius 2 is 1.88 bits per heavy atom. The van der Waals surface area contributed by atoms with Gasteiger partial charge >= 0.3 is 0 Å². The number of amides is 2. The van der Waals surface area contributed by atoms with Crippen LogP contribution in [0.2, 0.25) is 5.02 Å². The van der Waals surface area contributed by atoms with E-state index in [4.69, 9.17) is 20.8 Å². The standard InChI is InChI=1S/C26H30ClN3O4/c1-4-33-20-8-5-17(6-9-20)24(31)29-23(16(2)3)26(32)30-13-11-18(12-14-30)25-28-21-15-19(27)7-10-22(21)34-25/h5-10,15-16,18,23H,4,11-14H2,1-3H3,(H,29,31). The molecule has 2 heterocycles. The van der Waals surface area contributed by atoms with E-state index in [1.165, 1.54) is 0 Å². The number of fused-ring (bicyclic) bond motifs is 1. The molecule has 1 fully saturated rings. The van der Waals surface area contributed by atoms with Gasteiger partial charge in [-0.25, -0.2) is 4.98 Å². The number of piperidine rings is 1. The van der Waals surface area contributed by atoms with Crippen molar-refractivity contribution >= 4 is 34.5 Å². The maximum Gasteiger partial charge on any atom is 0.251 e. The zero-order chi connectivity index (χ0) is 24.2. The summed E-state index contributed by atoms with van der Waals surface area (Å²) in [7, 11) is 0. The lowest BCUT2D eigenvalue weighted by Gasteiger charge is -2.34. The van der Waals surface area contributed by atoms with Crippen molar-refractivity contribution in [2.24, 2.45) is 5.92 Å². The Hall–Kier alpha value is -3.06. The fourth-order valence-electron chi connectivity index (χ4n) is 4.24. The van der Waals surface area contributed by atoms with Crippen LogP contribution in [0.25, 0.3) is 11.1 Å². The lowest BCUT2D eigenvalue weighted by molar-refractivity contribution is -0.135. The quantitative estimate of drug-likeness (QED) is 0.509. The van der Waals surface area contributed by atoms with Gasteiger partial charge in [0.15, 0.2) is 11.5 Å². The Balaban J connectivity index is 1.37. The van der Waals surface area contributed by atoms with E-state index in [2.05, 4.69) is 10.3 Å². The van der Waals surface area contributed by atoms with Crippen LogP contribution in [-0.4, -0.2) is 47.4 Å². The van der Waals surface area contributed by atoms with E-state index >= 15 is 0 Å². The molecule has 180 valence electrons. The number of halogens is 1. The van der Waals surface area contributed by atoms with Crippen molar-refractivity contribution in [3.05, 3.63) is 58.9 Å². The molecule has 1 aromatic heterocycles. The molecule has 2 aromatic carbocycles. The highest BCUT2D eigenvalue weighted by Crippen LogP contribution is 2.31. The number of carbonyl (C=O) groups is 2. The number of carbonyl (C=O) groups excluding carboxylic acids is 2. The second-order valence-electron chi connectivity index (χ2n) is 8.92. The van der Waals surface area contributed by atoms with E-state index in [0.29, 0.717) is 41.9 Å². The largest absolute Gasteiger partial charge is 0.494 e. The normalized spacial score (nSPS) is 15.5. The highest BCUT2D eigenvalue weighted by atomic mass is 35.5. The van der Waals surface area contributed by atoms with Crippen molar-refractivity contribution in [3.63, 3.8) is 0 Å². The molecule has 1 unspecified atom stereocenters. The number of oxazole rings is 1. The molecule has 3 aromatic rings. The fourth-order valence-corrected chi connectivity index (χ4v) is 4.41. The van der Waals surface area contributed by atoms with Gasteiger partial charge in [0.1, 0.15) is 17.3 Å². The van der Waals surface area contributed by atoms with Crippen molar-refractivity contribution in [1.29, 1.82) is 0 Å². The van der Waals surface area contributed by atoms with E-state index in [1.807, 2.05) is 31.7 Å². The summed E-state index contributed by atoms with van der Waals surface area (Å²) in [6.07, 6.45) is 1.51. The Bertz CT molecular complexity index is 1150. The summed E-state index contributed by atoms with van der Waals surface area (Å²) in [5, 5.41) is 3.56. The average molecular weight is 484 g/mol. The highest BCUT2D eigenvalue weighted by Gasteiger charge is 2.33. The van der Waals surface area contributed by atoms with Gasteiger partial charge < -0.3 is 19.4 Å². The Morgan fingerprint density at radius 1 is 1.18 bits per heavy atom. The van der Waals surface area contributed by atoms with Gasteiger partial charge in [-0.3, -0.25) is 9.59 Å². The zero-order valence-corrected chi connectivity index (χ0v) is 20.5. The molecular formula is C26H30ClN3O4. The molecule has 1 aliphatic heterocycles. The molecule has 0 spiro atoms. The molecule has 8 heteroatoms. The smallest absolute Gasteiger partial charge is 0.251 e. The van der Waals surface area contributed by atoms with Gasteiger partial charge in [-0.05, 0) is 68.1 Å². The molecule has 2 amide bonds. The number of nitrogens with one attached hydrogen (secondary N) is 1. The first-order valence-electron chi connectivity index (χ1n) is 11.7. The average Bonchev–Trinajstić information content (AvgIpc) is 3.26. The number of aromatic nitrogens is 1. The summed E-state index contributed by atoms with van der Waals surface area (Å²) in [4.78, 5) is 32.5. The molecule has 7 nitrogen and oxygen atoms in total. The van der Waals surface area contributed by atoms with Crippen LogP contribution in [-0.2, 0) is 4.79 Å². The topological polar surface area (TPSA) is 84.7 Å². The third kappa shape index (κ3) is 5.36. The number of rotatable bonds is 7. The van der Waals surface area contributed by atoms with Crippen LogP contribution in [0.3, 0.4) is 0 Å². The summed E-state index contributed by atoms with van der Waals surface area (Å²) in [5.41, 5.74) is 1.96. The number of benzene rings is 2. The van der Waals surface area contributed by atoms with Crippen molar-refractivity contribution in [3.8, 4) is 5.75 Å². The molecule has 0 saturated carbocycles. The lowest BCUT2D eigenvalue weighted by atomic mass is 9.95. The van der Waals surface area contributed by atoms with Gasteiger partial charge in [-0.1, -0.05) is 25.4 Å². The van der Waals surface area contributed by atoms with Crippen LogP contribution in [0.15, 0.2) is 46.9 Å². The first-order valence-corrected chi connectivity index (χ1v) is 12.1. The molecule has 1 aliphatic rings. The third-order valence-electron chi connectivity index (χ3n) is 6.17. The number of nitrogens with zero attached hydrogens (tertiary/aromatic N) is 2. The minimum atomic E-state index is -0.595. The molecule has 0 radical (unpaired) electrons. The first-order chi connectivity index (χ1) is 16.4. The summed E-state index contributed by atoms with van der Waals surface area (Å²) in [5.74, 6) is 1.17. The first kappa shape index (κ1) is 24.1. The van der Waals surface area contributed by atoms with Crippen LogP contribution >= 0.6 is 11.6 Å². The molecular weight excluding hydrogens is 454 g/mol. The highest BCUT2D eigenvalue weighted by molar-refractivity contribution is 6.31. The van der Waals surface area contributed by atoms with E-state index in [9.17, 15) is 9.59 Å². The molecule has 34 heavy (non-hydrogen) atoms. The predicted molar refractivity (Wildman–Crippen MR) is 131 cm³/mol. The van der Waals surface area contributed by atoms with Crippen molar-refractivity contribution in [2.75, 3.05) is 19.7 Å². The summed E-state index contributed by atoms with van der Waals surface area (Å²) >= 11 is 6.06. The van der Waals surface area contributed by atoms with Crippen LogP contribution < -0.4 is 10.1 Å². The molecule has 1 saturated heterocycles. The summed E-state index contributed by atoms with van der Waals surface area (Å²) in [6, 6.07) is 11.7.